The van der Waals surface area contributed by atoms with Crippen molar-refractivity contribution < 1.29 is 9.53 Å². The normalized spacial score (nSPS) is 11.7. The van der Waals surface area contributed by atoms with E-state index < -0.39 is 5.97 Å². The first-order valence-electron chi connectivity index (χ1n) is 3.43. The van der Waals surface area contributed by atoms with E-state index in [-0.39, 0.29) is 12.0 Å². The number of hydrogen-bond acceptors (Lipinski definition) is 3. The second-order valence-electron chi connectivity index (χ2n) is 2.53. The number of esters is 1. The van der Waals surface area contributed by atoms with Crippen LogP contribution in [0.1, 0.15) is 13.8 Å². The monoisotopic (exact) mass is 155 g/mol. The molecule has 0 radical (unpaired) electrons. The predicted molar refractivity (Wildman–Crippen MR) is 42.6 cm³/mol. The average Bonchev–Trinajstić information content (AvgIpc) is 1.99. The number of methoxy groups -OCH3 is 1. The Morgan fingerprint density at radius 2 is 2.09 bits per heavy atom. The molecule has 0 fully saturated rings. The van der Waals surface area contributed by atoms with Gasteiger partial charge in [-0.2, -0.15) is 0 Å². The molecular weight excluding hydrogens is 142 g/mol. The predicted octanol–water partition coefficient (Wildman–Crippen LogP) is 0.146. The maximum atomic E-state index is 10.5. The molecule has 3 heteroatoms. The second kappa shape index (κ2) is 4.75. The van der Waals surface area contributed by atoms with Gasteiger partial charge in [-0.05, 0) is 5.92 Å². The Balaban J connectivity index is 3.96. The second-order valence-corrected chi connectivity index (χ2v) is 2.53. The van der Waals surface area contributed by atoms with Gasteiger partial charge >= 0.3 is 5.97 Å². The summed E-state index contributed by atoms with van der Waals surface area (Å²) < 4.78 is 4.31. The summed E-state index contributed by atoms with van der Waals surface area (Å²) in [6, 6.07) is -0.255. The van der Waals surface area contributed by atoms with Gasteiger partial charge in [0, 0.05) is 5.92 Å². The van der Waals surface area contributed by atoms with Gasteiger partial charge in [-0.15, -0.1) is 0 Å². The molecule has 0 spiro atoms. The molecular formula is C8H13NO2. The van der Waals surface area contributed by atoms with Crippen LogP contribution in [0.2, 0.25) is 0 Å². The van der Waals surface area contributed by atoms with E-state index >= 15 is 0 Å². The fraction of sp³-hybridized carbons (Fsp3) is 0.625. The van der Waals surface area contributed by atoms with Gasteiger partial charge < -0.3 is 10.5 Å². The Bertz CT molecular complexity index is 188. The van der Waals surface area contributed by atoms with Crippen molar-refractivity contribution in [3.05, 3.63) is 0 Å². The van der Waals surface area contributed by atoms with Gasteiger partial charge in [0.25, 0.3) is 0 Å². The number of carbonyl (C=O) groups excluding carboxylic acids is 1. The van der Waals surface area contributed by atoms with Crippen LogP contribution in [0.15, 0.2) is 0 Å². The van der Waals surface area contributed by atoms with Crippen LogP contribution < -0.4 is 5.73 Å². The molecule has 1 atom stereocenters. The summed E-state index contributed by atoms with van der Waals surface area (Å²) >= 11 is 0. The van der Waals surface area contributed by atoms with Gasteiger partial charge in [0.2, 0.25) is 0 Å². The van der Waals surface area contributed by atoms with E-state index in [4.69, 9.17) is 5.73 Å². The third-order valence-electron chi connectivity index (χ3n) is 1.24. The van der Waals surface area contributed by atoms with E-state index in [9.17, 15) is 4.79 Å². The molecule has 0 aliphatic heterocycles. The van der Waals surface area contributed by atoms with E-state index in [2.05, 4.69) is 16.6 Å². The number of hydrogen-bond donors (Lipinski definition) is 1. The fourth-order valence-corrected chi connectivity index (χ4v) is 0.360. The number of ether oxygens (including phenoxy) is 1. The molecule has 2 N–H and O–H groups in total. The molecule has 0 rings (SSSR count). The molecule has 62 valence electrons. The van der Waals surface area contributed by atoms with Crippen LogP contribution in [0.25, 0.3) is 0 Å². The molecule has 0 aliphatic carbocycles. The Morgan fingerprint density at radius 1 is 1.55 bits per heavy atom. The zero-order valence-electron chi connectivity index (χ0n) is 7.05. The molecule has 0 aromatic heterocycles. The van der Waals surface area contributed by atoms with Crippen molar-refractivity contribution in [1.82, 2.24) is 0 Å². The Kier molecular flexibility index (Phi) is 4.32. The molecule has 0 bridgehead atoms. The molecule has 0 amide bonds. The molecule has 0 aromatic rings. The van der Waals surface area contributed by atoms with E-state index in [1.165, 1.54) is 7.11 Å². The summed E-state index contributed by atoms with van der Waals surface area (Å²) in [7, 11) is 1.29. The van der Waals surface area contributed by atoms with Crippen molar-refractivity contribution >= 4 is 5.97 Å². The molecule has 11 heavy (non-hydrogen) atoms. The molecule has 0 aliphatic rings. The highest BCUT2D eigenvalue weighted by Gasteiger charge is 2.02. The minimum absolute atomic E-state index is 0.255. The smallest absolute Gasteiger partial charge is 0.384 e. The van der Waals surface area contributed by atoms with Gasteiger partial charge in [0.05, 0.1) is 13.2 Å². The van der Waals surface area contributed by atoms with Crippen molar-refractivity contribution in [3.8, 4) is 11.8 Å². The van der Waals surface area contributed by atoms with Crippen molar-refractivity contribution in [2.24, 2.45) is 11.7 Å². The van der Waals surface area contributed by atoms with Crippen LogP contribution >= 0.6 is 0 Å². The van der Waals surface area contributed by atoms with Crippen LogP contribution in [0, 0.1) is 17.8 Å². The van der Waals surface area contributed by atoms with E-state index in [0.717, 1.165) is 0 Å². The maximum absolute atomic E-state index is 10.5. The summed E-state index contributed by atoms with van der Waals surface area (Å²) in [4.78, 5) is 10.5. The summed E-state index contributed by atoms with van der Waals surface area (Å²) in [5, 5.41) is 0. The van der Waals surface area contributed by atoms with Crippen LogP contribution in [0.3, 0.4) is 0 Å². The first kappa shape index (κ1) is 9.99. The summed E-state index contributed by atoms with van der Waals surface area (Å²) in [6.07, 6.45) is 0. The highest BCUT2D eigenvalue weighted by Crippen LogP contribution is 1.95. The van der Waals surface area contributed by atoms with Crippen LogP contribution in [-0.4, -0.2) is 19.1 Å². The zero-order valence-corrected chi connectivity index (χ0v) is 7.05. The number of nitrogens with two attached hydrogens (primary N) is 1. The quantitative estimate of drug-likeness (QED) is 0.333. The highest BCUT2D eigenvalue weighted by atomic mass is 16.5. The zero-order chi connectivity index (χ0) is 8.85. The lowest BCUT2D eigenvalue weighted by Crippen LogP contribution is -2.24. The van der Waals surface area contributed by atoms with Crippen molar-refractivity contribution in [2.75, 3.05) is 7.11 Å². The van der Waals surface area contributed by atoms with E-state index in [0.29, 0.717) is 0 Å². The van der Waals surface area contributed by atoms with Gasteiger partial charge in [0.15, 0.2) is 0 Å². The first-order valence-corrected chi connectivity index (χ1v) is 3.43. The number of rotatable bonds is 1. The third kappa shape index (κ3) is 4.40. The van der Waals surface area contributed by atoms with Gasteiger partial charge in [-0.25, -0.2) is 4.79 Å². The fourth-order valence-electron chi connectivity index (χ4n) is 0.360. The lowest BCUT2D eigenvalue weighted by molar-refractivity contribution is -0.133. The van der Waals surface area contributed by atoms with Crippen molar-refractivity contribution in [2.45, 2.75) is 19.9 Å². The molecule has 3 nitrogen and oxygen atoms in total. The third-order valence-corrected chi connectivity index (χ3v) is 1.24. The summed E-state index contributed by atoms with van der Waals surface area (Å²) in [5.41, 5.74) is 5.54. The van der Waals surface area contributed by atoms with Gasteiger partial charge in [-0.3, -0.25) is 0 Å². The SMILES string of the molecule is COC(=O)C#CC(N)C(C)C. The van der Waals surface area contributed by atoms with Crippen molar-refractivity contribution in [3.63, 3.8) is 0 Å². The summed E-state index contributed by atoms with van der Waals surface area (Å²) in [6.45, 7) is 3.88. The summed E-state index contributed by atoms with van der Waals surface area (Å²) in [5.74, 6) is 4.58. The van der Waals surface area contributed by atoms with E-state index in [1.807, 2.05) is 13.8 Å². The lowest BCUT2D eigenvalue weighted by atomic mass is 10.1. The Morgan fingerprint density at radius 3 is 2.45 bits per heavy atom. The standard InChI is InChI=1S/C8H13NO2/c1-6(2)7(9)4-5-8(10)11-3/h6-7H,9H2,1-3H3. The van der Waals surface area contributed by atoms with E-state index in [1.54, 1.807) is 0 Å². The molecule has 0 aromatic carbocycles. The Hall–Kier alpha value is -1.01. The highest BCUT2D eigenvalue weighted by molar-refractivity contribution is 5.88. The first-order chi connectivity index (χ1) is 5.07. The van der Waals surface area contributed by atoms with Crippen molar-refractivity contribution in [1.29, 1.82) is 0 Å². The van der Waals surface area contributed by atoms with Crippen LogP contribution in [0.5, 0.6) is 0 Å². The van der Waals surface area contributed by atoms with Gasteiger partial charge in [0.1, 0.15) is 0 Å². The molecule has 0 heterocycles. The maximum Gasteiger partial charge on any atom is 0.384 e. The minimum atomic E-state index is -0.541. The largest absolute Gasteiger partial charge is 0.459 e. The Labute approximate surface area is 66.9 Å². The van der Waals surface area contributed by atoms with Gasteiger partial charge in [-0.1, -0.05) is 19.8 Å². The van der Waals surface area contributed by atoms with Crippen LogP contribution in [0.4, 0.5) is 0 Å². The minimum Gasteiger partial charge on any atom is -0.459 e. The van der Waals surface area contributed by atoms with Crippen LogP contribution in [-0.2, 0) is 9.53 Å². The average molecular weight is 155 g/mol. The topological polar surface area (TPSA) is 52.3 Å². The molecule has 0 saturated heterocycles. The number of carbonyl (C=O) groups is 1. The lowest BCUT2D eigenvalue weighted by Gasteiger charge is -2.05. The molecule has 0 saturated carbocycles. The molecule has 1 unspecified atom stereocenters.